The van der Waals surface area contributed by atoms with E-state index < -0.39 is 12.1 Å². The number of rotatable bonds is 15. The lowest BCUT2D eigenvalue weighted by Gasteiger charge is -2.31. The predicted octanol–water partition coefficient (Wildman–Crippen LogP) is 4.65. The van der Waals surface area contributed by atoms with Crippen LogP contribution in [0.1, 0.15) is 36.0 Å². The molecular formula is C40H47Cl2N7O3. The van der Waals surface area contributed by atoms with Gasteiger partial charge < -0.3 is 31.9 Å². The molecule has 6 N–H and O–H groups in total. The SMILES string of the molecule is CNC(=O)C(Cc1ccc2ccccc2c1)N1CCC(CNC(=O)Cc2cccc(Cl)c2)NC(CCCN=C(N)NCCc2cccc(Cl)c2)C1=O. The van der Waals surface area contributed by atoms with Gasteiger partial charge >= 0.3 is 0 Å². The molecule has 1 aliphatic heterocycles. The van der Waals surface area contributed by atoms with Crippen LogP contribution in [-0.4, -0.2) is 79.9 Å². The zero-order valence-corrected chi connectivity index (χ0v) is 30.9. The lowest BCUT2D eigenvalue weighted by molar-refractivity contribution is -0.141. The molecular weight excluding hydrogens is 697 g/mol. The number of nitrogens with two attached hydrogens (primary N) is 1. The molecule has 1 fully saturated rings. The molecule has 0 bridgehead atoms. The van der Waals surface area contributed by atoms with Gasteiger partial charge in [-0.25, -0.2) is 0 Å². The number of likely N-dealkylation sites (N-methyl/N-ethyl adjacent to an activating group) is 1. The fourth-order valence-electron chi connectivity index (χ4n) is 6.53. The molecule has 0 saturated carbocycles. The molecule has 0 aliphatic carbocycles. The molecule has 4 aromatic rings. The van der Waals surface area contributed by atoms with Crippen molar-refractivity contribution >= 4 is 57.7 Å². The van der Waals surface area contributed by atoms with Crippen molar-refractivity contribution in [2.24, 2.45) is 10.7 Å². The summed E-state index contributed by atoms with van der Waals surface area (Å²) in [5.41, 5.74) is 9.02. The number of nitrogens with one attached hydrogen (secondary N) is 4. The highest BCUT2D eigenvalue weighted by molar-refractivity contribution is 6.30. The summed E-state index contributed by atoms with van der Waals surface area (Å²) in [5, 5.41) is 15.9. The zero-order chi connectivity index (χ0) is 36.9. The first kappa shape index (κ1) is 38.6. The Morgan fingerprint density at radius 1 is 0.923 bits per heavy atom. The number of hydrogen-bond acceptors (Lipinski definition) is 5. The van der Waals surface area contributed by atoms with E-state index in [4.69, 9.17) is 28.9 Å². The first-order chi connectivity index (χ1) is 25.2. The summed E-state index contributed by atoms with van der Waals surface area (Å²) in [4.78, 5) is 46.8. The standard InChI is InChI=1S/C40H47Cl2N7O3/c1-44-38(51)36(24-29-14-15-30-9-2-3-10-31(30)21-29)49-20-17-34(26-47-37(50)25-28-8-5-12-33(42)23-28)48-35(39(49)52)13-6-18-45-40(43)46-19-16-27-7-4-11-32(41)22-27/h2-5,7-12,14-15,21-23,34-36,48H,6,13,16-20,24-26H2,1H3,(H,44,51)(H,47,50)(H3,43,45,46). The molecule has 0 spiro atoms. The number of guanidine groups is 1. The maximum Gasteiger partial charge on any atom is 0.242 e. The number of nitrogens with zero attached hydrogens (tertiary/aromatic N) is 2. The topological polar surface area (TPSA) is 141 Å². The summed E-state index contributed by atoms with van der Waals surface area (Å²) in [6.07, 6.45) is 2.90. The minimum atomic E-state index is -0.712. The monoisotopic (exact) mass is 743 g/mol. The molecule has 0 radical (unpaired) electrons. The summed E-state index contributed by atoms with van der Waals surface area (Å²) in [6, 6.07) is 27.6. The maximum atomic E-state index is 14.3. The average Bonchev–Trinajstić information content (AvgIpc) is 3.29. The summed E-state index contributed by atoms with van der Waals surface area (Å²) < 4.78 is 0. The van der Waals surface area contributed by atoms with Gasteiger partial charge in [0.25, 0.3) is 0 Å². The van der Waals surface area contributed by atoms with E-state index in [1.54, 1.807) is 24.1 Å². The van der Waals surface area contributed by atoms with Gasteiger partial charge in [0.1, 0.15) is 6.04 Å². The molecule has 5 rings (SSSR count). The molecule has 3 atom stereocenters. The van der Waals surface area contributed by atoms with Gasteiger partial charge in [-0.2, -0.15) is 0 Å². The highest BCUT2D eigenvalue weighted by atomic mass is 35.5. The van der Waals surface area contributed by atoms with Crippen molar-refractivity contribution in [3.05, 3.63) is 118 Å². The Balaban J connectivity index is 1.25. The summed E-state index contributed by atoms with van der Waals surface area (Å²) in [5.74, 6) is -0.187. The van der Waals surface area contributed by atoms with Crippen LogP contribution in [-0.2, 0) is 33.6 Å². The molecule has 274 valence electrons. The second-order valence-corrected chi connectivity index (χ2v) is 14.0. The number of hydrogen-bond donors (Lipinski definition) is 5. The Hall–Kier alpha value is -4.64. The quantitative estimate of drug-likeness (QED) is 0.0683. The van der Waals surface area contributed by atoms with Crippen LogP contribution in [0.2, 0.25) is 10.0 Å². The number of amides is 3. The van der Waals surface area contributed by atoms with E-state index in [0.29, 0.717) is 67.9 Å². The Bertz CT molecular complexity index is 1870. The fraction of sp³-hybridized carbons (Fsp3) is 0.350. The predicted molar refractivity (Wildman–Crippen MR) is 210 cm³/mol. The van der Waals surface area contributed by atoms with Crippen molar-refractivity contribution in [1.29, 1.82) is 0 Å². The summed E-state index contributed by atoms with van der Waals surface area (Å²) >= 11 is 12.2. The second kappa shape index (κ2) is 19.3. The maximum absolute atomic E-state index is 14.3. The minimum absolute atomic E-state index is 0.139. The van der Waals surface area contributed by atoms with Crippen molar-refractivity contribution < 1.29 is 14.4 Å². The second-order valence-electron chi connectivity index (χ2n) is 13.1. The molecule has 12 heteroatoms. The molecule has 1 heterocycles. The number of fused-ring (bicyclic) bond motifs is 1. The van der Waals surface area contributed by atoms with Gasteiger partial charge in [0.2, 0.25) is 17.7 Å². The van der Waals surface area contributed by atoms with Crippen LogP contribution in [0.15, 0.2) is 96.0 Å². The van der Waals surface area contributed by atoms with Gasteiger partial charge in [0.15, 0.2) is 5.96 Å². The zero-order valence-electron chi connectivity index (χ0n) is 29.4. The molecule has 3 amide bonds. The van der Waals surface area contributed by atoms with E-state index in [2.05, 4.69) is 32.3 Å². The molecule has 1 aliphatic rings. The average molecular weight is 745 g/mol. The van der Waals surface area contributed by atoms with E-state index in [9.17, 15) is 14.4 Å². The van der Waals surface area contributed by atoms with Gasteiger partial charge in [-0.3, -0.25) is 19.4 Å². The molecule has 10 nitrogen and oxygen atoms in total. The van der Waals surface area contributed by atoms with Crippen LogP contribution in [0.4, 0.5) is 0 Å². The van der Waals surface area contributed by atoms with E-state index in [-0.39, 0.29) is 30.2 Å². The van der Waals surface area contributed by atoms with Gasteiger partial charge in [-0.05, 0) is 77.4 Å². The van der Waals surface area contributed by atoms with Crippen LogP contribution in [0, 0.1) is 0 Å². The number of benzene rings is 4. The van der Waals surface area contributed by atoms with Crippen LogP contribution in [0.25, 0.3) is 10.8 Å². The van der Waals surface area contributed by atoms with Crippen LogP contribution in [0.3, 0.4) is 0 Å². The van der Waals surface area contributed by atoms with Crippen molar-refractivity contribution in [3.8, 4) is 0 Å². The van der Waals surface area contributed by atoms with Gasteiger partial charge in [-0.1, -0.05) is 89.9 Å². The molecule has 1 saturated heterocycles. The van der Waals surface area contributed by atoms with Crippen LogP contribution >= 0.6 is 23.2 Å². The highest BCUT2D eigenvalue weighted by Crippen LogP contribution is 2.21. The third-order valence-electron chi connectivity index (χ3n) is 9.25. The van der Waals surface area contributed by atoms with Crippen LogP contribution in [0.5, 0.6) is 0 Å². The lowest BCUT2D eigenvalue weighted by Crippen LogP contribution is -2.54. The molecule has 0 aromatic heterocycles. The van der Waals surface area contributed by atoms with Crippen molar-refractivity contribution in [2.45, 2.75) is 56.7 Å². The Kier molecular flexibility index (Phi) is 14.3. The minimum Gasteiger partial charge on any atom is -0.370 e. The first-order valence-electron chi connectivity index (χ1n) is 17.7. The van der Waals surface area contributed by atoms with Crippen molar-refractivity contribution in [2.75, 3.05) is 33.2 Å². The number of carbonyl (C=O) groups is 3. The molecule has 52 heavy (non-hydrogen) atoms. The van der Waals surface area contributed by atoms with Gasteiger partial charge in [0, 0.05) is 55.7 Å². The summed E-state index contributed by atoms with van der Waals surface area (Å²) in [6.45, 7) is 1.70. The number of aliphatic imine (C=N–C) groups is 1. The Morgan fingerprint density at radius 2 is 1.65 bits per heavy atom. The van der Waals surface area contributed by atoms with E-state index >= 15 is 0 Å². The number of carbonyl (C=O) groups excluding carboxylic acids is 3. The van der Waals surface area contributed by atoms with Crippen molar-refractivity contribution in [3.63, 3.8) is 0 Å². The van der Waals surface area contributed by atoms with Crippen molar-refractivity contribution in [1.82, 2.24) is 26.2 Å². The number of halogens is 2. The largest absolute Gasteiger partial charge is 0.370 e. The smallest absolute Gasteiger partial charge is 0.242 e. The first-order valence-corrected chi connectivity index (χ1v) is 18.5. The Morgan fingerprint density at radius 3 is 2.40 bits per heavy atom. The van der Waals surface area contributed by atoms with E-state index in [1.807, 2.05) is 72.8 Å². The molecule has 3 unspecified atom stereocenters. The highest BCUT2D eigenvalue weighted by Gasteiger charge is 2.37. The normalized spacial score (nSPS) is 17.0. The van der Waals surface area contributed by atoms with Gasteiger partial charge in [-0.15, -0.1) is 0 Å². The molecule has 4 aromatic carbocycles. The lowest BCUT2D eigenvalue weighted by atomic mass is 9.99. The van der Waals surface area contributed by atoms with Gasteiger partial charge in [0.05, 0.1) is 12.5 Å². The third kappa shape index (κ3) is 11.4. The third-order valence-corrected chi connectivity index (χ3v) is 9.72. The Labute approximate surface area is 315 Å². The summed E-state index contributed by atoms with van der Waals surface area (Å²) in [7, 11) is 1.59. The van der Waals surface area contributed by atoms with Crippen LogP contribution < -0.4 is 27.0 Å². The van der Waals surface area contributed by atoms with E-state index in [1.165, 1.54) is 0 Å². The fourth-order valence-corrected chi connectivity index (χ4v) is 6.96. The van der Waals surface area contributed by atoms with E-state index in [0.717, 1.165) is 33.9 Å².